The van der Waals surface area contributed by atoms with E-state index in [4.69, 9.17) is 9.47 Å². The van der Waals surface area contributed by atoms with Gasteiger partial charge in [-0.15, -0.1) is 0 Å². The van der Waals surface area contributed by atoms with Crippen LogP contribution in [0.5, 0.6) is 11.5 Å². The number of methoxy groups -OCH3 is 2. The van der Waals surface area contributed by atoms with Gasteiger partial charge in [0, 0.05) is 29.1 Å². The van der Waals surface area contributed by atoms with E-state index in [1.165, 1.54) is 0 Å². The lowest BCUT2D eigenvalue weighted by Crippen LogP contribution is -2.44. The van der Waals surface area contributed by atoms with E-state index in [-0.39, 0.29) is 6.04 Å². The van der Waals surface area contributed by atoms with Crippen LogP contribution in [0.1, 0.15) is 22.9 Å². The third-order valence-electron chi connectivity index (χ3n) is 4.96. The molecule has 2 unspecified atom stereocenters. The molecule has 0 fully saturated rings. The first-order valence-electron chi connectivity index (χ1n) is 8.42. The molecule has 26 heavy (non-hydrogen) atoms. The Morgan fingerprint density at radius 1 is 1.08 bits per heavy atom. The molecule has 2 aromatic carbocycles. The summed E-state index contributed by atoms with van der Waals surface area (Å²) in [7, 11) is 3.25. The molecule has 1 aliphatic rings. The van der Waals surface area contributed by atoms with Gasteiger partial charge in [0.25, 0.3) is 0 Å². The number of hydrogen-bond donors (Lipinski definition) is 3. The molecule has 0 spiro atoms. The number of aromatic nitrogens is 1. The van der Waals surface area contributed by atoms with Gasteiger partial charge in [-0.05, 0) is 35.4 Å². The molecule has 0 saturated carbocycles. The van der Waals surface area contributed by atoms with Gasteiger partial charge in [-0.2, -0.15) is 0 Å². The molecule has 6 heteroatoms. The normalized spacial score (nSPS) is 19.2. The van der Waals surface area contributed by atoms with Crippen LogP contribution in [0.4, 0.5) is 0 Å². The first-order chi connectivity index (χ1) is 12.6. The number of carboxylic acids is 1. The van der Waals surface area contributed by atoms with Crippen molar-refractivity contribution in [2.75, 3.05) is 14.2 Å². The molecule has 0 aliphatic carbocycles. The van der Waals surface area contributed by atoms with Gasteiger partial charge in [0.15, 0.2) is 0 Å². The van der Waals surface area contributed by atoms with Gasteiger partial charge in [0.2, 0.25) is 0 Å². The summed E-state index contributed by atoms with van der Waals surface area (Å²) < 4.78 is 10.5. The number of ether oxygens (including phenoxy) is 2. The minimum absolute atomic E-state index is 0.232. The number of hydrogen-bond acceptors (Lipinski definition) is 4. The van der Waals surface area contributed by atoms with Gasteiger partial charge < -0.3 is 19.6 Å². The molecule has 0 bridgehead atoms. The average molecular weight is 352 g/mol. The van der Waals surface area contributed by atoms with E-state index >= 15 is 0 Å². The Morgan fingerprint density at radius 3 is 2.42 bits per heavy atom. The van der Waals surface area contributed by atoms with Crippen LogP contribution in [-0.4, -0.2) is 36.3 Å². The molecule has 2 atom stereocenters. The first kappa shape index (κ1) is 16.5. The van der Waals surface area contributed by atoms with Gasteiger partial charge in [-0.25, -0.2) is 0 Å². The molecule has 3 aromatic rings. The van der Waals surface area contributed by atoms with Crippen molar-refractivity contribution in [2.24, 2.45) is 0 Å². The van der Waals surface area contributed by atoms with E-state index in [0.717, 1.165) is 39.2 Å². The lowest BCUT2D eigenvalue weighted by Gasteiger charge is -2.29. The van der Waals surface area contributed by atoms with Gasteiger partial charge in [0.1, 0.15) is 17.5 Å². The highest BCUT2D eigenvalue weighted by molar-refractivity contribution is 5.88. The minimum Gasteiger partial charge on any atom is -0.497 e. The molecule has 4 rings (SSSR count). The number of aromatic amines is 1. The fourth-order valence-corrected chi connectivity index (χ4v) is 3.61. The van der Waals surface area contributed by atoms with Crippen molar-refractivity contribution in [3.05, 3.63) is 59.3 Å². The Kier molecular flexibility index (Phi) is 4.05. The number of nitrogens with one attached hydrogen (secondary N) is 2. The second-order valence-electron chi connectivity index (χ2n) is 6.40. The topological polar surface area (TPSA) is 83.6 Å². The van der Waals surface area contributed by atoms with Crippen LogP contribution in [0, 0.1) is 0 Å². The number of H-pyrrole nitrogens is 1. The third kappa shape index (κ3) is 2.68. The van der Waals surface area contributed by atoms with E-state index in [0.29, 0.717) is 6.42 Å². The first-order valence-corrected chi connectivity index (χ1v) is 8.42. The Morgan fingerprint density at radius 2 is 1.77 bits per heavy atom. The van der Waals surface area contributed by atoms with Gasteiger partial charge in [0.05, 0.1) is 20.3 Å². The van der Waals surface area contributed by atoms with Gasteiger partial charge in [-0.3, -0.25) is 10.1 Å². The maximum atomic E-state index is 11.7. The fraction of sp³-hybridized carbons (Fsp3) is 0.250. The van der Waals surface area contributed by atoms with Crippen LogP contribution in [0.2, 0.25) is 0 Å². The summed E-state index contributed by atoms with van der Waals surface area (Å²) in [4.78, 5) is 15.1. The molecule has 6 nitrogen and oxygen atoms in total. The molecule has 1 aromatic heterocycles. The van der Waals surface area contributed by atoms with Crippen molar-refractivity contribution in [1.29, 1.82) is 0 Å². The zero-order valence-corrected chi connectivity index (χ0v) is 14.6. The molecule has 0 radical (unpaired) electrons. The Labute approximate surface area is 150 Å². The summed E-state index contributed by atoms with van der Waals surface area (Å²) in [6.45, 7) is 0. The lowest BCUT2D eigenvalue weighted by molar-refractivity contribution is -0.139. The van der Waals surface area contributed by atoms with E-state index in [1.54, 1.807) is 14.2 Å². The monoisotopic (exact) mass is 352 g/mol. The van der Waals surface area contributed by atoms with Crippen LogP contribution >= 0.6 is 0 Å². The molecular weight excluding hydrogens is 332 g/mol. The zero-order chi connectivity index (χ0) is 18.3. The molecule has 0 saturated heterocycles. The maximum Gasteiger partial charge on any atom is 0.321 e. The van der Waals surface area contributed by atoms with Crippen molar-refractivity contribution in [1.82, 2.24) is 10.3 Å². The van der Waals surface area contributed by atoms with E-state index in [1.807, 2.05) is 42.5 Å². The maximum absolute atomic E-state index is 11.7. The molecule has 2 heterocycles. The summed E-state index contributed by atoms with van der Waals surface area (Å²) in [5.74, 6) is 0.679. The van der Waals surface area contributed by atoms with E-state index in [2.05, 4.69) is 10.3 Å². The van der Waals surface area contributed by atoms with Crippen molar-refractivity contribution in [3.8, 4) is 11.5 Å². The van der Waals surface area contributed by atoms with E-state index < -0.39 is 12.0 Å². The fourth-order valence-electron chi connectivity index (χ4n) is 3.61. The lowest BCUT2D eigenvalue weighted by atomic mass is 9.90. The SMILES string of the molecule is COc1ccc(C2NC(C(=O)O)Cc3c2[nH]c2cc(OC)ccc32)cc1. The zero-order valence-electron chi connectivity index (χ0n) is 14.6. The van der Waals surface area contributed by atoms with Crippen molar-refractivity contribution in [2.45, 2.75) is 18.5 Å². The second-order valence-corrected chi connectivity index (χ2v) is 6.40. The highest BCUT2D eigenvalue weighted by Gasteiger charge is 2.33. The van der Waals surface area contributed by atoms with Crippen LogP contribution in [0.3, 0.4) is 0 Å². The predicted octanol–water partition coefficient (Wildman–Crippen LogP) is 2.87. The second kappa shape index (κ2) is 6.38. The Balaban J connectivity index is 1.85. The number of rotatable bonds is 4. The van der Waals surface area contributed by atoms with E-state index in [9.17, 15) is 9.90 Å². The minimum atomic E-state index is -0.850. The number of carbonyl (C=O) groups is 1. The standard InChI is InChI=1S/C20H20N2O4/c1-25-12-5-3-11(4-6-12)18-19-15(10-17(22-18)20(23)24)14-8-7-13(26-2)9-16(14)21-19/h3-9,17-18,21-22H,10H2,1-2H3,(H,23,24). The summed E-state index contributed by atoms with van der Waals surface area (Å²) >= 11 is 0. The largest absolute Gasteiger partial charge is 0.497 e. The van der Waals surface area contributed by atoms with Crippen molar-refractivity contribution in [3.63, 3.8) is 0 Å². The summed E-state index contributed by atoms with van der Waals surface area (Å²) in [6.07, 6.45) is 0.434. The van der Waals surface area contributed by atoms with Gasteiger partial charge >= 0.3 is 5.97 Å². The van der Waals surface area contributed by atoms with Crippen LogP contribution in [0.25, 0.3) is 10.9 Å². The van der Waals surface area contributed by atoms with Crippen molar-refractivity contribution >= 4 is 16.9 Å². The molecule has 0 amide bonds. The Hall–Kier alpha value is -2.99. The molecule has 3 N–H and O–H groups in total. The summed E-state index contributed by atoms with van der Waals surface area (Å²) in [6, 6.07) is 12.6. The number of fused-ring (bicyclic) bond motifs is 3. The quantitative estimate of drug-likeness (QED) is 0.672. The average Bonchev–Trinajstić information content (AvgIpc) is 3.04. The predicted molar refractivity (Wildman–Crippen MR) is 98.0 cm³/mol. The third-order valence-corrected chi connectivity index (χ3v) is 4.96. The van der Waals surface area contributed by atoms with Gasteiger partial charge in [-0.1, -0.05) is 12.1 Å². The Bertz CT molecular complexity index is 962. The van der Waals surface area contributed by atoms with Crippen LogP contribution < -0.4 is 14.8 Å². The van der Waals surface area contributed by atoms with Crippen LogP contribution in [-0.2, 0) is 11.2 Å². The number of benzene rings is 2. The molecule has 134 valence electrons. The summed E-state index contributed by atoms with van der Waals surface area (Å²) in [5.41, 5.74) is 3.96. The number of carboxylic acid groups (broad SMARTS) is 1. The highest BCUT2D eigenvalue weighted by Crippen LogP contribution is 2.36. The smallest absolute Gasteiger partial charge is 0.321 e. The summed E-state index contributed by atoms with van der Waals surface area (Å²) in [5, 5.41) is 13.9. The number of aliphatic carboxylic acids is 1. The highest BCUT2D eigenvalue weighted by atomic mass is 16.5. The molecular formula is C20H20N2O4. The molecule has 1 aliphatic heterocycles. The van der Waals surface area contributed by atoms with Crippen LogP contribution in [0.15, 0.2) is 42.5 Å². The van der Waals surface area contributed by atoms with Crippen molar-refractivity contribution < 1.29 is 19.4 Å².